The Labute approximate surface area is 99.7 Å². The maximum atomic E-state index is 9.84. The van der Waals surface area contributed by atoms with E-state index in [2.05, 4.69) is 23.3 Å². The number of β-amino-alcohol motifs (C(OH)–C–C–N with tert-alkyl or cyclic N) is 1. The van der Waals surface area contributed by atoms with Crippen LogP contribution in [0.15, 0.2) is 12.7 Å². The van der Waals surface area contributed by atoms with E-state index in [0.717, 1.165) is 45.6 Å². The highest BCUT2D eigenvalue weighted by Crippen LogP contribution is 2.06. The molecule has 94 valence electrons. The van der Waals surface area contributed by atoms with Crippen LogP contribution >= 0.6 is 0 Å². The second-order valence-corrected chi connectivity index (χ2v) is 4.61. The van der Waals surface area contributed by atoms with Crippen LogP contribution in [0.2, 0.25) is 0 Å². The number of hydrogen-bond acceptors (Lipinski definition) is 3. The maximum absolute atomic E-state index is 9.84. The molecule has 1 aliphatic heterocycles. The first-order chi connectivity index (χ1) is 7.76. The van der Waals surface area contributed by atoms with E-state index in [1.807, 2.05) is 6.08 Å². The van der Waals surface area contributed by atoms with Crippen molar-refractivity contribution in [3.8, 4) is 0 Å². The van der Waals surface area contributed by atoms with Crippen molar-refractivity contribution in [2.24, 2.45) is 0 Å². The molecular weight excluding hydrogens is 200 g/mol. The molecule has 1 aliphatic rings. The number of likely N-dealkylation sites (N-methyl/N-ethyl adjacent to an activating group) is 1. The molecule has 0 spiro atoms. The molecule has 3 nitrogen and oxygen atoms in total. The average molecular weight is 226 g/mol. The fraction of sp³-hybridized carbons (Fsp3) is 0.846. The van der Waals surface area contributed by atoms with Crippen LogP contribution in [-0.4, -0.2) is 60.3 Å². The highest BCUT2D eigenvalue weighted by molar-refractivity contribution is 4.74. The van der Waals surface area contributed by atoms with Crippen molar-refractivity contribution in [2.45, 2.75) is 32.3 Å². The molecule has 1 saturated heterocycles. The van der Waals surface area contributed by atoms with Crippen molar-refractivity contribution < 1.29 is 5.11 Å². The second-order valence-electron chi connectivity index (χ2n) is 4.61. The van der Waals surface area contributed by atoms with Crippen LogP contribution in [0.4, 0.5) is 0 Å². The molecule has 1 fully saturated rings. The normalized spacial score (nSPS) is 21.6. The summed E-state index contributed by atoms with van der Waals surface area (Å²) < 4.78 is 0. The van der Waals surface area contributed by atoms with Crippen LogP contribution < -0.4 is 0 Å². The van der Waals surface area contributed by atoms with Crippen molar-refractivity contribution in [3.63, 3.8) is 0 Å². The van der Waals surface area contributed by atoms with Gasteiger partial charge in [0.1, 0.15) is 0 Å². The van der Waals surface area contributed by atoms with E-state index in [9.17, 15) is 5.11 Å². The zero-order valence-corrected chi connectivity index (χ0v) is 10.6. The lowest BCUT2D eigenvalue weighted by atomic mass is 10.2. The molecule has 16 heavy (non-hydrogen) atoms. The molecule has 1 heterocycles. The summed E-state index contributed by atoms with van der Waals surface area (Å²) in [6.45, 7) is 12.4. The molecule has 1 atom stereocenters. The van der Waals surface area contributed by atoms with Crippen molar-refractivity contribution in [1.82, 2.24) is 9.80 Å². The van der Waals surface area contributed by atoms with Crippen molar-refractivity contribution in [1.29, 1.82) is 0 Å². The van der Waals surface area contributed by atoms with E-state index in [1.165, 1.54) is 13.0 Å². The van der Waals surface area contributed by atoms with Gasteiger partial charge in [0.25, 0.3) is 0 Å². The molecule has 1 rings (SSSR count). The number of rotatable bonds is 6. The Morgan fingerprint density at radius 3 is 2.62 bits per heavy atom. The van der Waals surface area contributed by atoms with Gasteiger partial charge < -0.3 is 10.0 Å². The van der Waals surface area contributed by atoms with Gasteiger partial charge in [-0.25, -0.2) is 0 Å². The van der Waals surface area contributed by atoms with Crippen LogP contribution in [0, 0.1) is 0 Å². The fourth-order valence-corrected chi connectivity index (χ4v) is 2.22. The standard InChI is InChI=1S/C13H26N2O/c1-3-5-7-13(16)12-15-9-6-8-14(4-2)10-11-15/h3,13,16H,1,4-12H2,2H3. The lowest BCUT2D eigenvalue weighted by molar-refractivity contribution is 0.108. The van der Waals surface area contributed by atoms with Crippen LogP contribution in [0.3, 0.4) is 0 Å². The molecule has 0 radical (unpaired) electrons. The molecule has 0 aromatic heterocycles. The largest absolute Gasteiger partial charge is 0.392 e. The first kappa shape index (κ1) is 13.7. The van der Waals surface area contributed by atoms with Crippen LogP contribution in [0.5, 0.6) is 0 Å². The molecule has 0 aromatic rings. The van der Waals surface area contributed by atoms with E-state index < -0.39 is 0 Å². The van der Waals surface area contributed by atoms with Gasteiger partial charge in [0.05, 0.1) is 6.10 Å². The number of aliphatic hydroxyl groups is 1. The zero-order valence-electron chi connectivity index (χ0n) is 10.6. The van der Waals surface area contributed by atoms with Crippen molar-refractivity contribution in [2.75, 3.05) is 39.3 Å². The van der Waals surface area contributed by atoms with Gasteiger partial charge in [-0.2, -0.15) is 0 Å². The van der Waals surface area contributed by atoms with Crippen LogP contribution in [0.25, 0.3) is 0 Å². The Kier molecular flexibility index (Phi) is 6.69. The third kappa shape index (κ3) is 5.10. The van der Waals surface area contributed by atoms with Gasteiger partial charge in [-0.15, -0.1) is 6.58 Å². The molecule has 0 aliphatic carbocycles. The summed E-state index contributed by atoms with van der Waals surface area (Å²) in [6, 6.07) is 0. The topological polar surface area (TPSA) is 26.7 Å². The molecule has 0 bridgehead atoms. The summed E-state index contributed by atoms with van der Waals surface area (Å²) in [5, 5.41) is 9.84. The third-order valence-corrected chi connectivity index (χ3v) is 3.30. The molecule has 1 unspecified atom stereocenters. The molecule has 3 heteroatoms. The lowest BCUT2D eigenvalue weighted by Crippen LogP contribution is -2.35. The maximum Gasteiger partial charge on any atom is 0.0670 e. The summed E-state index contributed by atoms with van der Waals surface area (Å²) in [4.78, 5) is 4.87. The number of hydrogen-bond donors (Lipinski definition) is 1. The van der Waals surface area contributed by atoms with E-state index in [4.69, 9.17) is 0 Å². The van der Waals surface area contributed by atoms with Gasteiger partial charge in [0.15, 0.2) is 0 Å². The Morgan fingerprint density at radius 2 is 1.94 bits per heavy atom. The van der Waals surface area contributed by atoms with Gasteiger partial charge >= 0.3 is 0 Å². The monoisotopic (exact) mass is 226 g/mol. The lowest BCUT2D eigenvalue weighted by Gasteiger charge is -2.23. The number of aliphatic hydroxyl groups excluding tert-OH is 1. The molecule has 1 N–H and O–H groups in total. The first-order valence-electron chi connectivity index (χ1n) is 6.50. The third-order valence-electron chi connectivity index (χ3n) is 3.30. The number of allylic oxidation sites excluding steroid dienone is 1. The predicted molar refractivity (Wildman–Crippen MR) is 68.6 cm³/mol. The van der Waals surface area contributed by atoms with Gasteiger partial charge in [-0.1, -0.05) is 13.0 Å². The smallest absolute Gasteiger partial charge is 0.0670 e. The van der Waals surface area contributed by atoms with E-state index in [0.29, 0.717) is 0 Å². The van der Waals surface area contributed by atoms with Crippen LogP contribution in [0.1, 0.15) is 26.2 Å². The van der Waals surface area contributed by atoms with Crippen molar-refractivity contribution >= 4 is 0 Å². The SMILES string of the molecule is C=CCCC(O)CN1CCCN(CC)CC1. The number of nitrogens with zero attached hydrogens (tertiary/aromatic N) is 2. The van der Waals surface area contributed by atoms with E-state index in [1.54, 1.807) is 0 Å². The van der Waals surface area contributed by atoms with E-state index >= 15 is 0 Å². The Balaban J connectivity index is 2.23. The highest BCUT2D eigenvalue weighted by Gasteiger charge is 2.15. The Bertz CT molecular complexity index is 196. The summed E-state index contributed by atoms with van der Waals surface area (Å²) >= 11 is 0. The van der Waals surface area contributed by atoms with Gasteiger partial charge in [0, 0.05) is 19.6 Å². The van der Waals surface area contributed by atoms with E-state index in [-0.39, 0.29) is 6.10 Å². The van der Waals surface area contributed by atoms with Gasteiger partial charge in [-0.3, -0.25) is 4.90 Å². The summed E-state index contributed by atoms with van der Waals surface area (Å²) in [5.41, 5.74) is 0. The summed E-state index contributed by atoms with van der Waals surface area (Å²) in [6.07, 6.45) is 4.67. The van der Waals surface area contributed by atoms with Crippen LogP contribution in [-0.2, 0) is 0 Å². The van der Waals surface area contributed by atoms with Gasteiger partial charge in [-0.05, 0) is 38.9 Å². The molecule has 0 saturated carbocycles. The predicted octanol–water partition coefficient (Wildman–Crippen LogP) is 1.34. The molecule has 0 amide bonds. The summed E-state index contributed by atoms with van der Waals surface area (Å²) in [5.74, 6) is 0. The second kappa shape index (κ2) is 7.82. The van der Waals surface area contributed by atoms with Crippen molar-refractivity contribution in [3.05, 3.63) is 12.7 Å². The molecular formula is C13H26N2O. The Morgan fingerprint density at radius 1 is 1.25 bits per heavy atom. The first-order valence-corrected chi connectivity index (χ1v) is 6.50. The minimum Gasteiger partial charge on any atom is -0.392 e. The quantitative estimate of drug-likeness (QED) is 0.692. The van der Waals surface area contributed by atoms with Gasteiger partial charge in [0.2, 0.25) is 0 Å². The minimum atomic E-state index is -0.189. The average Bonchev–Trinajstić information content (AvgIpc) is 2.51. The zero-order chi connectivity index (χ0) is 11.8. The minimum absolute atomic E-state index is 0.189. The highest BCUT2D eigenvalue weighted by atomic mass is 16.3. The fourth-order valence-electron chi connectivity index (χ4n) is 2.22. The Hall–Kier alpha value is -0.380. The summed E-state index contributed by atoms with van der Waals surface area (Å²) in [7, 11) is 0. The molecule has 0 aromatic carbocycles.